The van der Waals surface area contributed by atoms with Gasteiger partial charge in [-0.15, -0.1) is 0 Å². The minimum atomic E-state index is 0.606. The SMILES string of the molecule is c1cc(C2CCCCN2)ccc1C1CCSCC1. The molecule has 0 amide bonds. The summed E-state index contributed by atoms with van der Waals surface area (Å²) in [6.07, 6.45) is 6.75. The van der Waals surface area contributed by atoms with Gasteiger partial charge in [-0.3, -0.25) is 0 Å². The molecule has 2 aliphatic rings. The summed E-state index contributed by atoms with van der Waals surface area (Å²) in [7, 11) is 0. The molecule has 0 bridgehead atoms. The van der Waals surface area contributed by atoms with Gasteiger partial charge in [-0.1, -0.05) is 30.7 Å². The Balaban J connectivity index is 1.67. The molecule has 2 heteroatoms. The van der Waals surface area contributed by atoms with Crippen LogP contribution in [0, 0.1) is 0 Å². The lowest BCUT2D eigenvalue weighted by Crippen LogP contribution is -2.26. The molecule has 2 heterocycles. The molecule has 2 aliphatic heterocycles. The van der Waals surface area contributed by atoms with Crippen molar-refractivity contribution in [1.82, 2.24) is 5.32 Å². The van der Waals surface area contributed by atoms with Crippen molar-refractivity contribution in [2.24, 2.45) is 0 Å². The van der Waals surface area contributed by atoms with Crippen LogP contribution >= 0.6 is 11.8 Å². The number of hydrogen-bond acceptors (Lipinski definition) is 2. The van der Waals surface area contributed by atoms with Crippen molar-refractivity contribution in [2.45, 2.75) is 44.1 Å². The Morgan fingerprint density at radius 2 is 1.61 bits per heavy atom. The molecule has 2 saturated heterocycles. The molecule has 0 aliphatic carbocycles. The van der Waals surface area contributed by atoms with E-state index in [4.69, 9.17) is 0 Å². The summed E-state index contributed by atoms with van der Waals surface area (Å²) in [4.78, 5) is 0. The fourth-order valence-electron chi connectivity index (χ4n) is 3.17. The van der Waals surface area contributed by atoms with Gasteiger partial charge in [0.05, 0.1) is 0 Å². The van der Waals surface area contributed by atoms with Crippen LogP contribution in [0.5, 0.6) is 0 Å². The molecule has 98 valence electrons. The Hall–Kier alpha value is -0.470. The zero-order valence-corrected chi connectivity index (χ0v) is 11.8. The highest BCUT2D eigenvalue weighted by Crippen LogP contribution is 2.32. The maximum Gasteiger partial charge on any atom is 0.0320 e. The predicted octanol–water partition coefficient (Wildman–Crippen LogP) is 4.11. The van der Waals surface area contributed by atoms with Crippen molar-refractivity contribution in [2.75, 3.05) is 18.1 Å². The van der Waals surface area contributed by atoms with Gasteiger partial charge < -0.3 is 5.32 Å². The Kier molecular flexibility index (Phi) is 4.27. The van der Waals surface area contributed by atoms with E-state index in [1.54, 1.807) is 5.56 Å². The van der Waals surface area contributed by atoms with Gasteiger partial charge in [0.2, 0.25) is 0 Å². The monoisotopic (exact) mass is 261 g/mol. The third-order valence-corrected chi connectivity index (χ3v) is 5.39. The van der Waals surface area contributed by atoms with E-state index >= 15 is 0 Å². The summed E-state index contributed by atoms with van der Waals surface area (Å²) in [5.41, 5.74) is 3.05. The highest BCUT2D eigenvalue weighted by molar-refractivity contribution is 7.99. The highest BCUT2D eigenvalue weighted by Gasteiger charge is 2.17. The minimum absolute atomic E-state index is 0.606. The summed E-state index contributed by atoms with van der Waals surface area (Å²) in [6.45, 7) is 1.19. The number of hydrogen-bond donors (Lipinski definition) is 1. The van der Waals surface area contributed by atoms with E-state index in [9.17, 15) is 0 Å². The summed E-state index contributed by atoms with van der Waals surface area (Å²) in [6, 6.07) is 10.1. The van der Waals surface area contributed by atoms with Gasteiger partial charge in [-0.25, -0.2) is 0 Å². The first-order valence-electron chi connectivity index (χ1n) is 7.34. The summed E-state index contributed by atoms with van der Waals surface area (Å²) < 4.78 is 0. The Labute approximate surface area is 115 Å². The van der Waals surface area contributed by atoms with Crippen molar-refractivity contribution >= 4 is 11.8 Å². The third-order valence-electron chi connectivity index (χ3n) is 4.34. The van der Waals surface area contributed by atoms with Gasteiger partial charge >= 0.3 is 0 Å². The number of benzene rings is 1. The largest absolute Gasteiger partial charge is 0.310 e. The van der Waals surface area contributed by atoms with Crippen LogP contribution < -0.4 is 5.32 Å². The van der Waals surface area contributed by atoms with E-state index in [0.717, 1.165) is 5.92 Å². The number of nitrogens with one attached hydrogen (secondary N) is 1. The van der Waals surface area contributed by atoms with E-state index in [-0.39, 0.29) is 0 Å². The second-order valence-electron chi connectivity index (χ2n) is 5.56. The minimum Gasteiger partial charge on any atom is -0.310 e. The number of thioether (sulfide) groups is 1. The molecule has 1 aromatic rings. The number of rotatable bonds is 2. The molecule has 3 rings (SSSR count). The zero-order chi connectivity index (χ0) is 12.2. The lowest BCUT2D eigenvalue weighted by Gasteiger charge is -2.25. The predicted molar refractivity (Wildman–Crippen MR) is 80.3 cm³/mol. The topological polar surface area (TPSA) is 12.0 Å². The van der Waals surface area contributed by atoms with Crippen LogP contribution in [0.15, 0.2) is 24.3 Å². The van der Waals surface area contributed by atoms with Crippen LogP contribution in [0.2, 0.25) is 0 Å². The lowest BCUT2D eigenvalue weighted by atomic mass is 9.90. The van der Waals surface area contributed by atoms with Gasteiger partial charge in [-0.2, -0.15) is 11.8 Å². The molecule has 1 aromatic carbocycles. The number of piperidine rings is 1. The average Bonchev–Trinajstić information content (AvgIpc) is 2.49. The molecule has 1 N–H and O–H groups in total. The van der Waals surface area contributed by atoms with Crippen LogP contribution in [0.4, 0.5) is 0 Å². The fourth-order valence-corrected chi connectivity index (χ4v) is 4.27. The fraction of sp³-hybridized carbons (Fsp3) is 0.625. The van der Waals surface area contributed by atoms with Crippen LogP contribution in [0.3, 0.4) is 0 Å². The second kappa shape index (κ2) is 6.12. The Bertz CT molecular complexity index is 324. The molecule has 1 nitrogen and oxygen atoms in total. The molecule has 0 spiro atoms. The summed E-state index contributed by atoms with van der Waals surface area (Å²) >= 11 is 2.11. The maximum absolute atomic E-state index is 3.63. The molecule has 0 saturated carbocycles. The molecule has 2 fully saturated rings. The molecular weight excluding hydrogens is 238 g/mol. The molecule has 18 heavy (non-hydrogen) atoms. The van der Waals surface area contributed by atoms with Crippen molar-refractivity contribution in [3.63, 3.8) is 0 Å². The quantitative estimate of drug-likeness (QED) is 0.860. The van der Waals surface area contributed by atoms with Crippen LogP contribution in [-0.2, 0) is 0 Å². The van der Waals surface area contributed by atoms with E-state index in [0.29, 0.717) is 6.04 Å². The molecule has 1 unspecified atom stereocenters. The first-order valence-corrected chi connectivity index (χ1v) is 8.50. The maximum atomic E-state index is 3.63. The van der Waals surface area contributed by atoms with Gasteiger partial charge in [0.15, 0.2) is 0 Å². The molecule has 1 atom stereocenters. The Morgan fingerprint density at radius 3 is 2.28 bits per heavy atom. The lowest BCUT2D eigenvalue weighted by molar-refractivity contribution is 0.412. The second-order valence-corrected chi connectivity index (χ2v) is 6.78. The van der Waals surface area contributed by atoms with E-state index in [2.05, 4.69) is 41.3 Å². The summed E-state index contributed by atoms with van der Waals surface area (Å²) in [5, 5.41) is 3.63. The highest BCUT2D eigenvalue weighted by atomic mass is 32.2. The van der Waals surface area contributed by atoms with E-state index < -0.39 is 0 Å². The standard InChI is InChI=1S/C16H23NS/c1-2-10-17-16(3-1)15-6-4-13(5-7-15)14-8-11-18-12-9-14/h4-7,14,16-17H,1-3,8-12H2. The van der Waals surface area contributed by atoms with Crippen LogP contribution in [-0.4, -0.2) is 18.1 Å². The first kappa shape index (κ1) is 12.6. The van der Waals surface area contributed by atoms with E-state index in [1.165, 1.54) is 55.7 Å². The molecule has 0 radical (unpaired) electrons. The normalized spacial score (nSPS) is 26.1. The van der Waals surface area contributed by atoms with Gasteiger partial charge in [0.25, 0.3) is 0 Å². The van der Waals surface area contributed by atoms with Crippen molar-refractivity contribution in [1.29, 1.82) is 0 Å². The Morgan fingerprint density at radius 1 is 0.889 bits per heavy atom. The van der Waals surface area contributed by atoms with Crippen molar-refractivity contribution in [3.05, 3.63) is 35.4 Å². The molecule has 0 aromatic heterocycles. The van der Waals surface area contributed by atoms with Gasteiger partial charge in [0.1, 0.15) is 0 Å². The van der Waals surface area contributed by atoms with E-state index in [1.807, 2.05) is 0 Å². The van der Waals surface area contributed by atoms with Crippen LogP contribution in [0.1, 0.15) is 55.2 Å². The first-order chi connectivity index (χ1) is 8.93. The third kappa shape index (κ3) is 2.92. The van der Waals surface area contributed by atoms with Crippen molar-refractivity contribution < 1.29 is 0 Å². The van der Waals surface area contributed by atoms with Crippen LogP contribution in [0.25, 0.3) is 0 Å². The summed E-state index contributed by atoms with van der Waals surface area (Å²) in [5.74, 6) is 3.51. The smallest absolute Gasteiger partial charge is 0.0320 e. The van der Waals surface area contributed by atoms with Gasteiger partial charge in [-0.05, 0) is 60.8 Å². The van der Waals surface area contributed by atoms with Crippen molar-refractivity contribution in [3.8, 4) is 0 Å². The molecular formula is C16H23NS. The average molecular weight is 261 g/mol. The zero-order valence-electron chi connectivity index (χ0n) is 11.0. The van der Waals surface area contributed by atoms with Gasteiger partial charge in [0, 0.05) is 6.04 Å².